The summed E-state index contributed by atoms with van der Waals surface area (Å²) in [6, 6.07) is 3.75. The third-order valence-electron chi connectivity index (χ3n) is 2.41. The maximum Gasteiger partial charge on any atom is 0.228 e. The van der Waals surface area contributed by atoms with Crippen LogP contribution in [0.15, 0.2) is 22.8 Å². The van der Waals surface area contributed by atoms with E-state index in [0.717, 1.165) is 5.76 Å². The van der Waals surface area contributed by atoms with Gasteiger partial charge in [-0.1, -0.05) is 0 Å². The zero-order chi connectivity index (χ0) is 8.77. The zero-order valence-electron chi connectivity index (χ0n) is 7.13. The van der Waals surface area contributed by atoms with Crippen molar-refractivity contribution in [2.75, 3.05) is 0 Å². The Balaban J connectivity index is 2.25. The molecule has 1 saturated heterocycles. The highest BCUT2D eigenvalue weighted by atomic mass is 16.3. The van der Waals surface area contributed by atoms with Crippen LogP contribution < -0.4 is 5.32 Å². The molecule has 1 aliphatic rings. The number of carbonyl (C=O) groups is 1. The molecule has 3 heteroatoms. The Hall–Kier alpha value is -1.25. The summed E-state index contributed by atoms with van der Waals surface area (Å²) in [5.41, 5.74) is -0.322. The lowest BCUT2D eigenvalue weighted by Gasteiger charge is -2.42. The number of carbonyl (C=O) groups excluding carboxylic acids is 1. The second kappa shape index (κ2) is 2.12. The van der Waals surface area contributed by atoms with Crippen LogP contribution in [0.1, 0.15) is 25.6 Å². The second-order valence-corrected chi connectivity index (χ2v) is 3.64. The number of β-lactam (4-membered cyclic amide) rings is 1. The Labute approximate surface area is 70.8 Å². The zero-order valence-corrected chi connectivity index (χ0v) is 7.13. The van der Waals surface area contributed by atoms with Crippen molar-refractivity contribution in [3.63, 3.8) is 0 Å². The maximum atomic E-state index is 11.1. The van der Waals surface area contributed by atoms with Gasteiger partial charge in [0.2, 0.25) is 5.91 Å². The predicted molar refractivity (Wildman–Crippen MR) is 43.4 cm³/mol. The molecule has 3 nitrogen and oxygen atoms in total. The Morgan fingerprint density at radius 1 is 1.58 bits per heavy atom. The number of rotatable bonds is 1. The number of hydrogen-bond acceptors (Lipinski definition) is 2. The lowest BCUT2D eigenvalue weighted by atomic mass is 9.75. The molecule has 0 aromatic carbocycles. The highest BCUT2D eigenvalue weighted by Gasteiger charge is 2.49. The molecule has 0 radical (unpaired) electrons. The fourth-order valence-corrected chi connectivity index (χ4v) is 1.43. The molecule has 0 bridgehead atoms. The van der Waals surface area contributed by atoms with Gasteiger partial charge in [0, 0.05) is 0 Å². The van der Waals surface area contributed by atoms with Crippen LogP contribution >= 0.6 is 0 Å². The quantitative estimate of drug-likeness (QED) is 0.640. The van der Waals surface area contributed by atoms with Gasteiger partial charge in [0.05, 0.1) is 11.7 Å². The van der Waals surface area contributed by atoms with Crippen LogP contribution in [0.5, 0.6) is 0 Å². The van der Waals surface area contributed by atoms with E-state index in [-0.39, 0.29) is 17.4 Å². The number of amides is 1. The minimum Gasteiger partial charge on any atom is -0.467 e. The van der Waals surface area contributed by atoms with Crippen LogP contribution in [-0.2, 0) is 4.79 Å². The Bertz CT molecular complexity index is 300. The molecule has 1 unspecified atom stereocenters. The van der Waals surface area contributed by atoms with Gasteiger partial charge in [0.15, 0.2) is 0 Å². The summed E-state index contributed by atoms with van der Waals surface area (Å²) >= 11 is 0. The van der Waals surface area contributed by atoms with Gasteiger partial charge in [-0.3, -0.25) is 4.79 Å². The summed E-state index contributed by atoms with van der Waals surface area (Å²) in [7, 11) is 0. The molecule has 1 amide bonds. The van der Waals surface area contributed by atoms with E-state index < -0.39 is 0 Å². The lowest BCUT2D eigenvalue weighted by Crippen LogP contribution is -2.57. The van der Waals surface area contributed by atoms with Gasteiger partial charge < -0.3 is 9.73 Å². The molecule has 0 aliphatic carbocycles. The van der Waals surface area contributed by atoms with Gasteiger partial charge in [0.25, 0.3) is 0 Å². The molecule has 0 spiro atoms. The molecule has 1 aliphatic heterocycles. The van der Waals surface area contributed by atoms with Crippen molar-refractivity contribution in [1.82, 2.24) is 5.32 Å². The van der Waals surface area contributed by atoms with E-state index in [4.69, 9.17) is 4.42 Å². The van der Waals surface area contributed by atoms with Crippen LogP contribution in [0.2, 0.25) is 0 Å². The van der Waals surface area contributed by atoms with Crippen LogP contribution in [0.25, 0.3) is 0 Å². The first-order chi connectivity index (χ1) is 5.62. The van der Waals surface area contributed by atoms with E-state index in [1.807, 2.05) is 26.0 Å². The number of hydrogen-bond donors (Lipinski definition) is 1. The molecule has 1 aromatic rings. The first-order valence-electron chi connectivity index (χ1n) is 3.97. The van der Waals surface area contributed by atoms with Crippen molar-refractivity contribution in [1.29, 1.82) is 0 Å². The molecule has 1 aromatic heterocycles. The van der Waals surface area contributed by atoms with Crippen molar-refractivity contribution >= 4 is 5.91 Å². The molecule has 64 valence electrons. The highest BCUT2D eigenvalue weighted by molar-refractivity contribution is 5.89. The van der Waals surface area contributed by atoms with E-state index in [0.29, 0.717) is 0 Å². The normalized spacial score (nSPS) is 26.2. The molecule has 12 heavy (non-hydrogen) atoms. The van der Waals surface area contributed by atoms with Gasteiger partial charge in [-0.05, 0) is 26.0 Å². The first-order valence-corrected chi connectivity index (χ1v) is 3.97. The minimum atomic E-state index is -0.322. The van der Waals surface area contributed by atoms with Gasteiger partial charge in [-0.2, -0.15) is 0 Å². The fraction of sp³-hybridized carbons (Fsp3) is 0.444. The Morgan fingerprint density at radius 3 is 2.75 bits per heavy atom. The maximum absolute atomic E-state index is 11.1. The summed E-state index contributed by atoms with van der Waals surface area (Å²) in [5, 5.41) is 2.80. The van der Waals surface area contributed by atoms with Gasteiger partial charge >= 0.3 is 0 Å². The van der Waals surface area contributed by atoms with Crippen LogP contribution in [-0.4, -0.2) is 5.91 Å². The standard InChI is InChI=1S/C9H11NO2/c1-9(2)7(10-8(9)11)6-4-3-5-12-6/h3-5,7H,1-2H3,(H,10,11). The van der Waals surface area contributed by atoms with Gasteiger partial charge in [-0.25, -0.2) is 0 Å². The molecular formula is C9H11NO2. The minimum absolute atomic E-state index is 0.0417. The SMILES string of the molecule is CC1(C)C(=O)NC1c1ccco1. The monoisotopic (exact) mass is 165 g/mol. The van der Waals surface area contributed by atoms with Crippen molar-refractivity contribution in [2.45, 2.75) is 19.9 Å². The van der Waals surface area contributed by atoms with Gasteiger partial charge in [-0.15, -0.1) is 0 Å². The molecule has 2 rings (SSSR count). The smallest absolute Gasteiger partial charge is 0.228 e. The second-order valence-electron chi connectivity index (χ2n) is 3.64. The van der Waals surface area contributed by atoms with Crippen molar-refractivity contribution in [3.8, 4) is 0 Å². The fourth-order valence-electron chi connectivity index (χ4n) is 1.43. The summed E-state index contributed by atoms with van der Waals surface area (Å²) in [6.07, 6.45) is 1.62. The predicted octanol–water partition coefficient (Wildman–Crippen LogP) is 1.48. The van der Waals surface area contributed by atoms with Crippen molar-refractivity contribution < 1.29 is 9.21 Å². The topological polar surface area (TPSA) is 42.2 Å². The van der Waals surface area contributed by atoms with Crippen LogP contribution in [0, 0.1) is 5.41 Å². The van der Waals surface area contributed by atoms with Crippen LogP contribution in [0.4, 0.5) is 0 Å². The molecule has 2 heterocycles. The Morgan fingerprint density at radius 2 is 2.33 bits per heavy atom. The summed E-state index contributed by atoms with van der Waals surface area (Å²) in [6.45, 7) is 3.83. The van der Waals surface area contributed by atoms with Crippen molar-refractivity contribution in [2.24, 2.45) is 5.41 Å². The average molecular weight is 165 g/mol. The largest absolute Gasteiger partial charge is 0.467 e. The average Bonchev–Trinajstić information content (AvgIpc) is 2.51. The van der Waals surface area contributed by atoms with Gasteiger partial charge in [0.1, 0.15) is 11.8 Å². The first kappa shape index (κ1) is 7.40. The van der Waals surface area contributed by atoms with E-state index in [1.54, 1.807) is 6.26 Å². The Kier molecular flexibility index (Phi) is 1.31. The van der Waals surface area contributed by atoms with Crippen molar-refractivity contribution in [3.05, 3.63) is 24.2 Å². The van der Waals surface area contributed by atoms with Crippen LogP contribution in [0.3, 0.4) is 0 Å². The number of nitrogens with one attached hydrogen (secondary N) is 1. The third kappa shape index (κ3) is 0.793. The van der Waals surface area contributed by atoms with E-state index in [1.165, 1.54) is 0 Å². The molecular weight excluding hydrogens is 154 g/mol. The lowest BCUT2D eigenvalue weighted by molar-refractivity contribution is -0.143. The molecule has 0 saturated carbocycles. The highest BCUT2D eigenvalue weighted by Crippen LogP contribution is 2.41. The third-order valence-corrected chi connectivity index (χ3v) is 2.41. The van der Waals surface area contributed by atoms with E-state index >= 15 is 0 Å². The molecule has 1 N–H and O–H groups in total. The van der Waals surface area contributed by atoms with E-state index in [2.05, 4.69) is 5.32 Å². The van der Waals surface area contributed by atoms with E-state index in [9.17, 15) is 4.79 Å². The summed E-state index contributed by atoms with van der Waals surface area (Å²) < 4.78 is 5.21. The molecule has 1 fully saturated rings. The summed E-state index contributed by atoms with van der Waals surface area (Å²) in [5.74, 6) is 0.920. The summed E-state index contributed by atoms with van der Waals surface area (Å²) in [4.78, 5) is 11.1. The number of furan rings is 1. The molecule has 1 atom stereocenters.